The molecule has 13 heteroatoms. The number of anilines is 1. The number of thiazole rings is 1. The Kier molecular flexibility index (Phi) is 7.55. The first-order valence-corrected chi connectivity index (χ1v) is 12.5. The van der Waals surface area contributed by atoms with Crippen molar-refractivity contribution in [2.24, 2.45) is 14.1 Å². The summed E-state index contributed by atoms with van der Waals surface area (Å²) in [5, 5.41) is 8.83. The molecule has 0 bridgehead atoms. The van der Waals surface area contributed by atoms with E-state index in [2.05, 4.69) is 22.3 Å². The van der Waals surface area contributed by atoms with Crippen LogP contribution >= 0.6 is 22.9 Å². The van der Waals surface area contributed by atoms with Crippen molar-refractivity contribution in [1.29, 1.82) is 0 Å². The molecular formula is C23H24ClFN6O4S. The lowest BCUT2D eigenvalue weighted by Gasteiger charge is -2.10. The van der Waals surface area contributed by atoms with E-state index < -0.39 is 23.0 Å². The summed E-state index contributed by atoms with van der Waals surface area (Å²) in [6, 6.07) is 2.86. The smallest absolute Gasteiger partial charge is 0.331 e. The number of hydrogen-bond acceptors (Lipinski definition) is 7. The highest BCUT2D eigenvalue weighted by Gasteiger charge is 2.18. The molecule has 3 aromatic heterocycles. The van der Waals surface area contributed by atoms with Crippen molar-refractivity contribution in [3.05, 3.63) is 55.4 Å². The lowest BCUT2D eigenvalue weighted by Crippen LogP contribution is -2.37. The molecule has 0 fully saturated rings. The van der Waals surface area contributed by atoms with E-state index in [-0.39, 0.29) is 28.0 Å². The summed E-state index contributed by atoms with van der Waals surface area (Å²) in [6.45, 7) is 2.18. The Hall–Kier alpha value is -3.51. The Labute approximate surface area is 213 Å². The van der Waals surface area contributed by atoms with Gasteiger partial charge in [-0.3, -0.25) is 18.7 Å². The summed E-state index contributed by atoms with van der Waals surface area (Å²) in [7, 11) is 2.88. The number of ether oxygens (including phenoxy) is 1. The van der Waals surface area contributed by atoms with Gasteiger partial charge >= 0.3 is 5.69 Å². The summed E-state index contributed by atoms with van der Waals surface area (Å²) >= 11 is 7.40. The quantitative estimate of drug-likeness (QED) is 0.328. The van der Waals surface area contributed by atoms with Gasteiger partial charge in [0.05, 0.1) is 29.0 Å². The first kappa shape index (κ1) is 25.6. The number of benzene rings is 1. The molecule has 3 heterocycles. The van der Waals surface area contributed by atoms with Crippen LogP contribution in [0.15, 0.2) is 33.3 Å². The molecular weight excluding hydrogens is 511 g/mol. The van der Waals surface area contributed by atoms with Crippen molar-refractivity contribution in [2.45, 2.75) is 32.7 Å². The van der Waals surface area contributed by atoms with E-state index in [4.69, 9.17) is 16.3 Å². The van der Waals surface area contributed by atoms with Gasteiger partial charge in [0, 0.05) is 25.0 Å². The number of nitrogens with zero attached hydrogens (tertiary/aromatic N) is 5. The van der Waals surface area contributed by atoms with Gasteiger partial charge < -0.3 is 10.1 Å². The van der Waals surface area contributed by atoms with Gasteiger partial charge in [0.15, 0.2) is 22.2 Å². The number of aryl methyl sites for hydroxylation is 1. The lowest BCUT2D eigenvalue weighted by molar-refractivity contribution is -0.116. The van der Waals surface area contributed by atoms with Crippen molar-refractivity contribution in [1.82, 2.24) is 23.9 Å². The highest BCUT2D eigenvalue weighted by atomic mass is 35.5. The predicted molar refractivity (Wildman–Crippen MR) is 136 cm³/mol. The van der Waals surface area contributed by atoms with Crippen LogP contribution in [0.4, 0.5) is 9.52 Å². The maximum Gasteiger partial charge on any atom is 0.331 e. The van der Waals surface area contributed by atoms with E-state index in [1.54, 1.807) is 11.4 Å². The van der Waals surface area contributed by atoms with Crippen molar-refractivity contribution >= 4 is 45.0 Å². The van der Waals surface area contributed by atoms with Gasteiger partial charge in [-0.25, -0.2) is 18.9 Å². The van der Waals surface area contributed by atoms with Crippen LogP contribution in [0.25, 0.3) is 22.3 Å². The summed E-state index contributed by atoms with van der Waals surface area (Å²) in [5.41, 5.74) is 0.298. The summed E-state index contributed by atoms with van der Waals surface area (Å²) < 4.78 is 23.6. The highest BCUT2D eigenvalue weighted by Crippen LogP contribution is 2.34. The minimum absolute atomic E-state index is 0.00960. The van der Waals surface area contributed by atoms with Crippen molar-refractivity contribution in [3.63, 3.8) is 0 Å². The lowest BCUT2D eigenvalue weighted by atomic mass is 10.1. The predicted octanol–water partition coefficient (Wildman–Crippen LogP) is 3.56. The third-order valence-corrected chi connectivity index (χ3v) is 6.63. The molecule has 36 heavy (non-hydrogen) atoms. The fourth-order valence-corrected chi connectivity index (χ4v) is 4.66. The monoisotopic (exact) mass is 534 g/mol. The number of halogens is 2. The van der Waals surface area contributed by atoms with E-state index >= 15 is 0 Å². The molecule has 0 aliphatic rings. The minimum Gasteiger partial charge on any atom is -0.489 e. The first-order valence-electron chi connectivity index (χ1n) is 11.2. The highest BCUT2D eigenvalue weighted by molar-refractivity contribution is 7.14. The van der Waals surface area contributed by atoms with Gasteiger partial charge in [-0.05, 0) is 18.6 Å². The second-order valence-electron chi connectivity index (χ2n) is 8.15. The molecule has 0 aliphatic carbocycles. The molecule has 10 nitrogen and oxygen atoms in total. The molecule has 0 saturated heterocycles. The second kappa shape index (κ2) is 10.6. The zero-order chi connectivity index (χ0) is 26.0. The number of rotatable bonds is 9. The molecule has 4 rings (SSSR count). The Morgan fingerprint density at radius 3 is 2.72 bits per heavy atom. The molecule has 0 spiro atoms. The third-order valence-electron chi connectivity index (χ3n) is 5.59. The van der Waals surface area contributed by atoms with Crippen molar-refractivity contribution in [2.75, 3.05) is 11.9 Å². The molecule has 0 saturated carbocycles. The number of carbonyl (C=O) groups excluding carboxylic acids is 1. The topological polar surface area (TPSA) is 113 Å². The van der Waals surface area contributed by atoms with E-state index in [1.165, 1.54) is 35.6 Å². The van der Waals surface area contributed by atoms with Gasteiger partial charge in [0.2, 0.25) is 5.91 Å². The van der Waals surface area contributed by atoms with Crippen LogP contribution in [-0.2, 0) is 25.4 Å². The Morgan fingerprint density at radius 1 is 1.22 bits per heavy atom. The average Bonchev–Trinajstić information content (AvgIpc) is 3.47. The van der Waals surface area contributed by atoms with Crippen LogP contribution in [0.5, 0.6) is 5.75 Å². The fourth-order valence-electron chi connectivity index (χ4n) is 3.67. The normalized spacial score (nSPS) is 11.2. The van der Waals surface area contributed by atoms with E-state index in [9.17, 15) is 18.8 Å². The summed E-state index contributed by atoms with van der Waals surface area (Å²) in [5.74, 6) is -1.05. The zero-order valence-electron chi connectivity index (χ0n) is 19.9. The fraction of sp³-hybridized carbons (Fsp3) is 0.348. The van der Waals surface area contributed by atoms with Gasteiger partial charge in [-0.2, -0.15) is 5.10 Å². The first-order chi connectivity index (χ1) is 17.2. The number of amides is 1. The standard InChI is InChI=1S/C23H24ClFN6O4S/c1-4-5-6-7-35-20-14(24)8-13(9-15(20)25)16-12-36-22(27-16)28-18(32)11-31-19-17(10-26-31)29(2)23(34)30(3)21(19)33/h8-10,12H,4-7,11H2,1-3H3,(H,27,28,32). The molecule has 0 atom stereocenters. The number of nitrogens with one attached hydrogen (secondary N) is 1. The van der Waals surface area contributed by atoms with Gasteiger partial charge in [-0.1, -0.05) is 31.4 Å². The SMILES string of the molecule is CCCCCOc1c(F)cc(-c2csc(NC(=O)Cn3ncc4c3c(=O)n(C)c(=O)n4C)n2)cc1Cl. The second-order valence-corrected chi connectivity index (χ2v) is 9.42. The number of aromatic nitrogens is 5. The number of carbonyl (C=O) groups is 1. The van der Waals surface area contributed by atoms with Crippen LogP contribution < -0.4 is 21.3 Å². The Morgan fingerprint density at radius 2 is 2.00 bits per heavy atom. The Bertz CT molecular complexity index is 1530. The van der Waals surface area contributed by atoms with E-state index in [1.807, 2.05) is 0 Å². The number of fused-ring (bicyclic) bond motifs is 1. The minimum atomic E-state index is -0.589. The molecule has 0 unspecified atom stereocenters. The molecule has 1 aromatic carbocycles. The molecule has 0 radical (unpaired) electrons. The molecule has 0 aliphatic heterocycles. The van der Waals surface area contributed by atoms with Crippen LogP contribution in [0, 0.1) is 5.82 Å². The van der Waals surface area contributed by atoms with Gasteiger partial charge in [0.25, 0.3) is 5.56 Å². The largest absolute Gasteiger partial charge is 0.489 e. The zero-order valence-corrected chi connectivity index (χ0v) is 21.5. The maximum absolute atomic E-state index is 14.6. The van der Waals surface area contributed by atoms with Crippen molar-refractivity contribution in [3.8, 4) is 17.0 Å². The van der Waals surface area contributed by atoms with E-state index in [0.717, 1.165) is 35.2 Å². The number of unbranched alkanes of at least 4 members (excludes halogenated alkanes) is 2. The van der Waals surface area contributed by atoms with Crippen molar-refractivity contribution < 1.29 is 13.9 Å². The molecule has 1 N–H and O–H groups in total. The van der Waals surface area contributed by atoms with Crippen LogP contribution in [0.2, 0.25) is 5.02 Å². The molecule has 1 amide bonds. The summed E-state index contributed by atoms with van der Waals surface area (Å²) in [4.78, 5) is 41.6. The summed E-state index contributed by atoms with van der Waals surface area (Å²) in [6.07, 6.45) is 4.18. The number of hydrogen-bond donors (Lipinski definition) is 1. The van der Waals surface area contributed by atoms with E-state index in [0.29, 0.717) is 23.4 Å². The third kappa shape index (κ3) is 5.05. The molecule has 190 valence electrons. The van der Waals surface area contributed by atoms with Gasteiger partial charge in [-0.15, -0.1) is 11.3 Å². The van der Waals surface area contributed by atoms with Crippen LogP contribution in [0.3, 0.4) is 0 Å². The van der Waals surface area contributed by atoms with Gasteiger partial charge in [0.1, 0.15) is 6.54 Å². The Balaban J connectivity index is 1.48. The maximum atomic E-state index is 14.6. The molecule has 4 aromatic rings. The van der Waals surface area contributed by atoms with Crippen LogP contribution in [0.1, 0.15) is 26.2 Å². The average molecular weight is 535 g/mol. The van der Waals surface area contributed by atoms with Crippen LogP contribution in [-0.4, -0.2) is 36.4 Å².